The van der Waals surface area contributed by atoms with E-state index in [1.165, 1.54) is 17.7 Å². The summed E-state index contributed by atoms with van der Waals surface area (Å²) in [4.78, 5) is 11.1. The molecule has 0 bridgehead atoms. The number of carbonyl (C=O) groups excluding carboxylic acids is 1. The van der Waals surface area contributed by atoms with Gasteiger partial charge in [-0.2, -0.15) is 0 Å². The Kier molecular flexibility index (Phi) is 5.74. The van der Waals surface area contributed by atoms with Crippen molar-refractivity contribution in [1.29, 1.82) is 0 Å². The highest BCUT2D eigenvalue weighted by Crippen LogP contribution is 2.29. The van der Waals surface area contributed by atoms with Crippen LogP contribution in [0.15, 0.2) is 60.7 Å². The molecule has 3 aromatic carbocycles. The van der Waals surface area contributed by atoms with Crippen molar-refractivity contribution in [2.75, 3.05) is 17.2 Å². The van der Waals surface area contributed by atoms with Gasteiger partial charge in [-0.25, -0.2) is 0 Å². The number of hydrogen-bond acceptors (Lipinski definition) is 3. The van der Waals surface area contributed by atoms with Gasteiger partial charge >= 0.3 is 0 Å². The van der Waals surface area contributed by atoms with E-state index in [1.54, 1.807) is 0 Å². The van der Waals surface area contributed by atoms with Crippen LogP contribution in [0.5, 0.6) is 5.75 Å². The Bertz CT molecular complexity index is 888. The van der Waals surface area contributed by atoms with Crippen molar-refractivity contribution < 1.29 is 9.53 Å². The monoisotopic (exact) mass is 348 g/mol. The summed E-state index contributed by atoms with van der Waals surface area (Å²) in [6, 6.07) is 20.2. The Morgan fingerprint density at radius 1 is 0.962 bits per heavy atom. The van der Waals surface area contributed by atoms with Crippen molar-refractivity contribution in [3.63, 3.8) is 0 Å². The second kappa shape index (κ2) is 8.39. The fourth-order valence-corrected chi connectivity index (χ4v) is 2.91. The molecule has 0 atom stereocenters. The molecule has 0 saturated carbocycles. The minimum absolute atomic E-state index is 0.0702. The third kappa shape index (κ3) is 4.33. The van der Waals surface area contributed by atoms with Gasteiger partial charge in [-0.05, 0) is 47.5 Å². The smallest absolute Gasteiger partial charge is 0.221 e. The predicted octanol–water partition coefficient (Wildman–Crippen LogP) is 5.20. The van der Waals surface area contributed by atoms with E-state index < -0.39 is 0 Å². The molecule has 0 aliphatic rings. The minimum atomic E-state index is -0.0702. The van der Waals surface area contributed by atoms with Gasteiger partial charge in [-0.15, -0.1) is 0 Å². The van der Waals surface area contributed by atoms with Crippen LogP contribution in [0.2, 0.25) is 0 Å². The Labute approximate surface area is 154 Å². The van der Waals surface area contributed by atoms with Gasteiger partial charge in [0, 0.05) is 30.4 Å². The highest BCUT2D eigenvalue weighted by Gasteiger charge is 2.09. The van der Waals surface area contributed by atoms with Crippen molar-refractivity contribution >= 4 is 28.1 Å². The number of carbonyl (C=O) groups is 1. The van der Waals surface area contributed by atoms with Crippen LogP contribution in [0.3, 0.4) is 0 Å². The standard InChI is InChI=1S/C22H24N2O2/c1-3-14-26-22-13-8-17-6-4-5-7-20(17)21(22)15-23-18-9-11-19(12-10-18)24-16(2)25/h4-13,23H,3,14-15H2,1-2H3,(H,24,25). The zero-order valence-corrected chi connectivity index (χ0v) is 15.2. The topological polar surface area (TPSA) is 50.4 Å². The van der Waals surface area contributed by atoms with Gasteiger partial charge in [0.1, 0.15) is 5.75 Å². The van der Waals surface area contributed by atoms with E-state index in [9.17, 15) is 4.79 Å². The lowest BCUT2D eigenvalue weighted by Crippen LogP contribution is -2.06. The lowest BCUT2D eigenvalue weighted by Gasteiger charge is -2.15. The van der Waals surface area contributed by atoms with Crippen molar-refractivity contribution in [2.45, 2.75) is 26.8 Å². The maximum Gasteiger partial charge on any atom is 0.221 e. The quantitative estimate of drug-likeness (QED) is 0.617. The van der Waals surface area contributed by atoms with E-state index in [2.05, 4.69) is 47.9 Å². The van der Waals surface area contributed by atoms with Gasteiger partial charge in [0.2, 0.25) is 5.91 Å². The van der Waals surface area contributed by atoms with Crippen molar-refractivity contribution in [3.8, 4) is 5.75 Å². The summed E-state index contributed by atoms with van der Waals surface area (Å²) in [6.07, 6.45) is 0.976. The minimum Gasteiger partial charge on any atom is -0.493 e. The third-order valence-corrected chi connectivity index (χ3v) is 4.13. The van der Waals surface area contributed by atoms with Crippen LogP contribution in [0.1, 0.15) is 25.8 Å². The van der Waals surface area contributed by atoms with Crippen LogP contribution < -0.4 is 15.4 Å². The average molecular weight is 348 g/mol. The van der Waals surface area contributed by atoms with E-state index in [4.69, 9.17) is 4.74 Å². The van der Waals surface area contributed by atoms with Crippen molar-refractivity contribution in [3.05, 3.63) is 66.2 Å². The fourth-order valence-electron chi connectivity index (χ4n) is 2.91. The largest absolute Gasteiger partial charge is 0.493 e. The second-order valence-electron chi connectivity index (χ2n) is 6.22. The van der Waals surface area contributed by atoms with Crippen LogP contribution in [0.4, 0.5) is 11.4 Å². The molecule has 0 fully saturated rings. The Balaban J connectivity index is 1.81. The SMILES string of the molecule is CCCOc1ccc2ccccc2c1CNc1ccc(NC(C)=O)cc1. The maximum atomic E-state index is 11.1. The van der Waals surface area contributed by atoms with Crippen LogP contribution in [-0.4, -0.2) is 12.5 Å². The summed E-state index contributed by atoms with van der Waals surface area (Å²) in [5.41, 5.74) is 2.94. The first-order valence-electron chi connectivity index (χ1n) is 8.92. The molecule has 0 heterocycles. The van der Waals surface area contributed by atoms with Crippen LogP contribution in [0.25, 0.3) is 10.8 Å². The zero-order valence-electron chi connectivity index (χ0n) is 15.2. The highest BCUT2D eigenvalue weighted by molar-refractivity contribution is 5.89. The summed E-state index contributed by atoms with van der Waals surface area (Å²) in [7, 11) is 0. The summed E-state index contributed by atoms with van der Waals surface area (Å²) < 4.78 is 5.96. The van der Waals surface area contributed by atoms with E-state index in [0.717, 1.165) is 29.1 Å². The molecule has 3 rings (SSSR count). The number of amides is 1. The summed E-state index contributed by atoms with van der Waals surface area (Å²) >= 11 is 0. The van der Waals surface area contributed by atoms with E-state index in [0.29, 0.717) is 13.2 Å². The molecule has 0 spiro atoms. The molecule has 2 N–H and O–H groups in total. The number of ether oxygens (including phenoxy) is 1. The molecular weight excluding hydrogens is 324 g/mol. The number of anilines is 2. The van der Waals surface area contributed by atoms with E-state index in [1.807, 2.05) is 30.3 Å². The molecular formula is C22H24N2O2. The van der Waals surface area contributed by atoms with Gasteiger partial charge < -0.3 is 15.4 Å². The normalized spacial score (nSPS) is 10.5. The number of fused-ring (bicyclic) bond motifs is 1. The predicted molar refractivity (Wildman–Crippen MR) is 108 cm³/mol. The van der Waals surface area contributed by atoms with Crippen molar-refractivity contribution in [2.24, 2.45) is 0 Å². The molecule has 3 aromatic rings. The van der Waals surface area contributed by atoms with E-state index in [-0.39, 0.29) is 5.91 Å². The zero-order chi connectivity index (χ0) is 18.4. The van der Waals surface area contributed by atoms with Gasteiger partial charge in [0.05, 0.1) is 6.61 Å². The maximum absolute atomic E-state index is 11.1. The summed E-state index contributed by atoms with van der Waals surface area (Å²) in [5, 5.41) is 8.63. The van der Waals surface area contributed by atoms with Crippen LogP contribution in [0, 0.1) is 0 Å². The van der Waals surface area contributed by atoms with E-state index >= 15 is 0 Å². The van der Waals surface area contributed by atoms with Gasteiger partial charge in [-0.3, -0.25) is 4.79 Å². The molecule has 0 saturated heterocycles. The molecule has 4 heteroatoms. The molecule has 0 aromatic heterocycles. The molecule has 4 nitrogen and oxygen atoms in total. The van der Waals surface area contributed by atoms with Gasteiger partial charge in [-0.1, -0.05) is 37.3 Å². The van der Waals surface area contributed by atoms with Crippen LogP contribution >= 0.6 is 0 Å². The summed E-state index contributed by atoms with van der Waals surface area (Å²) in [6.45, 7) is 4.98. The molecule has 26 heavy (non-hydrogen) atoms. The van der Waals surface area contributed by atoms with Crippen molar-refractivity contribution in [1.82, 2.24) is 0 Å². The Morgan fingerprint density at radius 2 is 1.69 bits per heavy atom. The number of hydrogen-bond donors (Lipinski definition) is 2. The Morgan fingerprint density at radius 3 is 2.42 bits per heavy atom. The Hall–Kier alpha value is -3.01. The lowest BCUT2D eigenvalue weighted by atomic mass is 10.0. The lowest BCUT2D eigenvalue weighted by molar-refractivity contribution is -0.114. The fraction of sp³-hybridized carbons (Fsp3) is 0.227. The van der Waals surface area contributed by atoms with Gasteiger partial charge in [0.25, 0.3) is 0 Å². The number of benzene rings is 3. The van der Waals surface area contributed by atoms with Gasteiger partial charge in [0.15, 0.2) is 0 Å². The molecule has 0 aliphatic carbocycles. The third-order valence-electron chi connectivity index (χ3n) is 4.13. The number of nitrogens with one attached hydrogen (secondary N) is 2. The highest BCUT2D eigenvalue weighted by atomic mass is 16.5. The van der Waals surface area contributed by atoms with Crippen LogP contribution in [-0.2, 0) is 11.3 Å². The first-order chi connectivity index (χ1) is 12.7. The number of rotatable bonds is 7. The molecule has 134 valence electrons. The first kappa shape index (κ1) is 17.8. The second-order valence-corrected chi connectivity index (χ2v) is 6.22. The molecule has 1 amide bonds. The molecule has 0 radical (unpaired) electrons. The summed E-state index contributed by atoms with van der Waals surface area (Å²) in [5.74, 6) is 0.854. The average Bonchev–Trinajstić information content (AvgIpc) is 2.65. The molecule has 0 aliphatic heterocycles. The molecule has 0 unspecified atom stereocenters. The first-order valence-corrected chi connectivity index (χ1v) is 8.92.